The zero-order valence-corrected chi connectivity index (χ0v) is 30.4. The van der Waals surface area contributed by atoms with E-state index in [1.54, 1.807) is 22.3 Å². The minimum Gasteiger partial charge on any atom is -0.385 e. The van der Waals surface area contributed by atoms with Crippen LogP contribution in [0.3, 0.4) is 0 Å². The predicted octanol–water partition coefficient (Wildman–Crippen LogP) is 2.04. The van der Waals surface area contributed by atoms with Crippen molar-refractivity contribution in [3.63, 3.8) is 0 Å². The number of likely N-dealkylation sites (tertiary alicyclic amines) is 1. The maximum absolute atomic E-state index is 13.2. The first kappa shape index (κ1) is 34.1. The van der Waals surface area contributed by atoms with Crippen molar-refractivity contribution in [2.75, 3.05) is 61.8 Å². The number of nitrogens with zero attached hydrogens (tertiary/aromatic N) is 8. The number of piperidine rings is 1. The van der Waals surface area contributed by atoms with Gasteiger partial charge in [-0.1, -0.05) is 12.1 Å². The summed E-state index contributed by atoms with van der Waals surface area (Å²) in [6.45, 7) is 6.56. The summed E-state index contributed by atoms with van der Waals surface area (Å²) in [6.07, 6.45) is 4.13. The molecule has 4 aliphatic rings. The highest BCUT2D eigenvalue weighted by Crippen LogP contribution is 2.29. The Kier molecular flexibility index (Phi) is 8.57. The summed E-state index contributed by atoms with van der Waals surface area (Å²) < 4.78 is 4.72. The highest BCUT2D eigenvalue weighted by Gasteiger charge is 2.34. The van der Waals surface area contributed by atoms with Gasteiger partial charge in [-0.05, 0) is 55.2 Å². The average Bonchev–Trinajstić information content (AvgIpc) is 3.81. The molecule has 3 amide bonds. The van der Waals surface area contributed by atoms with Gasteiger partial charge in [-0.25, -0.2) is 14.3 Å². The highest BCUT2D eigenvalue weighted by atomic mass is 16.2. The first-order chi connectivity index (χ1) is 26.2. The fraction of sp³-hybridized carbons (Fsp3) is 0.421. The number of hydrogen-bond acceptors (Lipinski definition) is 11. The Morgan fingerprint density at radius 3 is 2.54 bits per heavy atom. The number of nitrogens with one attached hydrogen (secondary N) is 4. The third-order valence-corrected chi connectivity index (χ3v) is 11.2. The Morgan fingerprint density at radius 2 is 1.78 bits per heavy atom. The molecule has 3 aromatic heterocycles. The van der Waals surface area contributed by atoms with Crippen molar-refractivity contribution in [2.45, 2.75) is 50.4 Å². The van der Waals surface area contributed by atoms with Crippen LogP contribution in [0.5, 0.6) is 0 Å². The fourth-order valence-electron chi connectivity index (χ4n) is 8.04. The molecule has 1 unspecified atom stereocenters. The summed E-state index contributed by atoms with van der Waals surface area (Å²) in [5.74, 6) is -0.275. The summed E-state index contributed by atoms with van der Waals surface area (Å²) in [5.41, 5.74) is 6.20. The number of hydrogen-bond donors (Lipinski definition) is 4. The predicted molar refractivity (Wildman–Crippen MR) is 204 cm³/mol. The number of carbonyl (C=O) groups is 3. The molecule has 1 saturated carbocycles. The van der Waals surface area contributed by atoms with Crippen molar-refractivity contribution in [3.8, 4) is 0 Å². The van der Waals surface area contributed by atoms with Gasteiger partial charge in [-0.2, -0.15) is 0 Å². The molecule has 2 aromatic carbocycles. The highest BCUT2D eigenvalue weighted by molar-refractivity contribution is 6.00. The van der Waals surface area contributed by atoms with Gasteiger partial charge < -0.3 is 20.9 Å². The van der Waals surface area contributed by atoms with Gasteiger partial charge in [-0.3, -0.25) is 38.6 Å². The van der Waals surface area contributed by atoms with Crippen LogP contribution in [-0.2, 0) is 23.2 Å². The van der Waals surface area contributed by atoms with Crippen LogP contribution in [-0.4, -0.2) is 110 Å². The Morgan fingerprint density at radius 1 is 0.963 bits per heavy atom. The second kappa shape index (κ2) is 13.6. The first-order valence-electron chi connectivity index (χ1n) is 18.7. The van der Waals surface area contributed by atoms with Crippen molar-refractivity contribution in [3.05, 3.63) is 76.5 Å². The van der Waals surface area contributed by atoms with Crippen LogP contribution in [0.15, 0.2) is 59.5 Å². The van der Waals surface area contributed by atoms with E-state index in [9.17, 15) is 19.2 Å². The molecule has 3 aliphatic heterocycles. The number of benzene rings is 2. The first-order valence-corrected chi connectivity index (χ1v) is 18.7. The number of imidazole rings is 2. The molecule has 1 aliphatic carbocycles. The van der Waals surface area contributed by atoms with Crippen molar-refractivity contribution in [2.24, 2.45) is 7.05 Å². The van der Waals surface area contributed by atoms with E-state index in [2.05, 4.69) is 59.1 Å². The summed E-state index contributed by atoms with van der Waals surface area (Å²) in [4.78, 5) is 62.2. The SMILES string of the molecule is CNc1cc(Nc2cccc(CN3CC(N4CCN(c5ccc6c(c5)n(C)c(=O)n6C5CCC(=O)NC5=O)CC4)C3)c2)nn2c(C(=O)NC3CC3)cnc12. The van der Waals surface area contributed by atoms with Crippen LogP contribution in [0, 0.1) is 0 Å². The van der Waals surface area contributed by atoms with Gasteiger partial charge in [0, 0.05) is 95.9 Å². The minimum atomic E-state index is -0.689. The van der Waals surface area contributed by atoms with E-state index in [0.717, 1.165) is 81.2 Å². The number of amides is 3. The third-order valence-electron chi connectivity index (χ3n) is 11.2. The number of piperazine rings is 1. The Bertz CT molecular complexity index is 2350. The lowest BCUT2D eigenvalue weighted by molar-refractivity contribution is -0.135. The minimum absolute atomic E-state index is 0.166. The summed E-state index contributed by atoms with van der Waals surface area (Å²) >= 11 is 0. The number of imide groups is 1. The van der Waals surface area contributed by atoms with Crippen LogP contribution >= 0.6 is 0 Å². The summed E-state index contributed by atoms with van der Waals surface area (Å²) in [6, 6.07) is 16.3. The molecule has 0 spiro atoms. The molecular formula is C38H44N12O4. The quantitative estimate of drug-likeness (QED) is 0.155. The molecule has 0 bridgehead atoms. The van der Waals surface area contributed by atoms with Gasteiger partial charge in [0.1, 0.15) is 6.04 Å². The molecule has 9 rings (SSSR count). The van der Waals surface area contributed by atoms with E-state index in [0.29, 0.717) is 35.1 Å². The van der Waals surface area contributed by atoms with Gasteiger partial charge in [0.25, 0.3) is 5.91 Å². The Labute approximate surface area is 311 Å². The van der Waals surface area contributed by atoms with Crippen LogP contribution in [0.4, 0.5) is 22.9 Å². The number of fused-ring (bicyclic) bond motifs is 2. The smallest absolute Gasteiger partial charge is 0.329 e. The molecule has 6 heterocycles. The fourth-order valence-corrected chi connectivity index (χ4v) is 8.04. The largest absolute Gasteiger partial charge is 0.385 e. The molecular weight excluding hydrogens is 688 g/mol. The van der Waals surface area contributed by atoms with E-state index in [1.807, 2.05) is 37.4 Å². The molecule has 5 aromatic rings. The molecule has 280 valence electrons. The van der Waals surface area contributed by atoms with Gasteiger partial charge in [-0.15, -0.1) is 5.10 Å². The topological polar surface area (TPSA) is 166 Å². The number of anilines is 4. The number of carbonyl (C=O) groups excluding carboxylic acids is 3. The van der Waals surface area contributed by atoms with Crippen molar-refractivity contribution in [1.29, 1.82) is 0 Å². The molecule has 0 radical (unpaired) electrons. The monoisotopic (exact) mass is 732 g/mol. The zero-order valence-electron chi connectivity index (χ0n) is 30.4. The molecule has 4 fully saturated rings. The van der Waals surface area contributed by atoms with Crippen molar-refractivity contribution in [1.82, 2.24) is 44.2 Å². The molecule has 54 heavy (non-hydrogen) atoms. The molecule has 16 heteroatoms. The molecule has 16 nitrogen and oxygen atoms in total. The van der Waals surface area contributed by atoms with Crippen LogP contribution in [0.1, 0.15) is 47.8 Å². The van der Waals surface area contributed by atoms with Crippen molar-refractivity contribution >= 4 is 57.3 Å². The van der Waals surface area contributed by atoms with Crippen LogP contribution in [0.25, 0.3) is 16.7 Å². The molecule has 1 atom stereocenters. The average molecular weight is 733 g/mol. The van der Waals surface area contributed by atoms with E-state index in [4.69, 9.17) is 5.10 Å². The lowest BCUT2D eigenvalue weighted by Crippen LogP contribution is -2.62. The van der Waals surface area contributed by atoms with E-state index in [1.165, 1.54) is 10.1 Å². The second-order valence-corrected chi connectivity index (χ2v) is 14.9. The Balaban J connectivity index is 0.799. The maximum atomic E-state index is 13.2. The van der Waals surface area contributed by atoms with Gasteiger partial charge in [0.15, 0.2) is 17.2 Å². The summed E-state index contributed by atoms with van der Waals surface area (Å²) in [7, 11) is 3.56. The van der Waals surface area contributed by atoms with E-state index < -0.39 is 11.9 Å². The van der Waals surface area contributed by atoms with Gasteiger partial charge >= 0.3 is 5.69 Å². The van der Waals surface area contributed by atoms with E-state index in [-0.39, 0.29) is 30.0 Å². The second-order valence-electron chi connectivity index (χ2n) is 14.9. The molecule has 4 N–H and O–H groups in total. The van der Waals surface area contributed by atoms with E-state index >= 15 is 0 Å². The standard InChI is InChI=1S/C38H44N12O4/c1-39-28-18-33(44-50-32(19-40-35(28)50)37(53)42-24-6-7-24)41-25-5-3-4-23(16-25)20-46-21-27(22-46)48-14-12-47(13-15-48)26-8-9-29-31(17-26)45(2)38(54)49(29)30-10-11-34(51)43-36(30)52/h3-5,8-9,16-19,24,27,30,39H,6-7,10-15,20-22H2,1-2H3,(H,41,44)(H,42,53)(H,43,51,52). The van der Waals surface area contributed by atoms with Crippen LogP contribution in [0.2, 0.25) is 0 Å². The molecule has 3 saturated heterocycles. The number of rotatable bonds is 10. The van der Waals surface area contributed by atoms with Crippen LogP contribution < -0.4 is 31.9 Å². The number of aromatic nitrogens is 5. The van der Waals surface area contributed by atoms with Gasteiger partial charge in [0.2, 0.25) is 11.8 Å². The Hall–Kier alpha value is -5.74. The number of aryl methyl sites for hydroxylation is 1. The lowest BCUT2D eigenvalue weighted by Gasteiger charge is -2.48. The third kappa shape index (κ3) is 6.34. The van der Waals surface area contributed by atoms with Gasteiger partial charge in [0.05, 0.1) is 22.9 Å². The van der Waals surface area contributed by atoms with Crippen molar-refractivity contribution < 1.29 is 14.4 Å². The normalized spacial score (nSPS) is 20.0. The maximum Gasteiger partial charge on any atom is 0.329 e. The zero-order chi connectivity index (χ0) is 37.1. The summed E-state index contributed by atoms with van der Waals surface area (Å²) in [5, 5.41) is 16.7. The lowest BCUT2D eigenvalue weighted by atomic mass is 10.0.